The summed E-state index contributed by atoms with van der Waals surface area (Å²) in [5, 5.41) is 14.7. The molecule has 0 atom stereocenters. The molecule has 3 aromatic rings. The molecule has 0 unspecified atom stereocenters. The lowest BCUT2D eigenvalue weighted by Crippen LogP contribution is -2.17. The van der Waals surface area contributed by atoms with Crippen LogP contribution in [0.3, 0.4) is 0 Å². The molecule has 2 N–H and O–H groups in total. The molecular formula is C21H16BrClN2O2. The van der Waals surface area contributed by atoms with E-state index >= 15 is 0 Å². The van der Waals surface area contributed by atoms with Gasteiger partial charge in [0.25, 0.3) is 5.91 Å². The molecule has 0 aromatic heterocycles. The molecule has 0 fully saturated rings. The van der Waals surface area contributed by atoms with E-state index in [2.05, 4.69) is 26.5 Å². The Morgan fingerprint density at radius 1 is 1.11 bits per heavy atom. The lowest BCUT2D eigenvalue weighted by Gasteiger charge is -2.07. The number of hydrazone groups is 1. The molecule has 4 nitrogen and oxygen atoms in total. The number of aromatic hydroxyl groups is 1. The lowest BCUT2D eigenvalue weighted by atomic mass is 10.0. The van der Waals surface area contributed by atoms with Gasteiger partial charge in [-0.3, -0.25) is 4.79 Å². The van der Waals surface area contributed by atoms with Gasteiger partial charge in [0.15, 0.2) is 0 Å². The Bertz CT molecular complexity index is 988. The normalized spacial score (nSPS) is 10.9. The number of nitrogens with one attached hydrogen (secondary N) is 1. The van der Waals surface area contributed by atoms with Crippen LogP contribution >= 0.6 is 27.5 Å². The van der Waals surface area contributed by atoms with Gasteiger partial charge in [-0.1, -0.05) is 51.8 Å². The van der Waals surface area contributed by atoms with Crippen LogP contribution in [0.1, 0.15) is 27.0 Å². The summed E-state index contributed by atoms with van der Waals surface area (Å²) >= 11 is 9.53. The Hall–Kier alpha value is -2.63. The fraction of sp³-hybridized carbons (Fsp3) is 0.0476. The summed E-state index contributed by atoms with van der Waals surface area (Å²) in [6, 6.07) is 19.8. The first-order valence-corrected chi connectivity index (χ1v) is 9.34. The molecule has 0 radical (unpaired) electrons. The summed E-state index contributed by atoms with van der Waals surface area (Å²) in [5.41, 5.74) is 5.43. The maximum absolute atomic E-state index is 12.1. The summed E-state index contributed by atoms with van der Waals surface area (Å²) in [6.07, 6.45) is 2.05. The molecule has 0 spiro atoms. The Labute approximate surface area is 170 Å². The van der Waals surface area contributed by atoms with Crippen LogP contribution in [-0.4, -0.2) is 17.2 Å². The summed E-state index contributed by atoms with van der Waals surface area (Å²) in [6.45, 7) is 0. The molecule has 0 heterocycles. The third-order valence-electron chi connectivity index (χ3n) is 3.92. The van der Waals surface area contributed by atoms with Crippen LogP contribution in [0, 0.1) is 0 Å². The molecule has 3 aromatic carbocycles. The van der Waals surface area contributed by atoms with Gasteiger partial charge in [-0.25, -0.2) is 5.43 Å². The van der Waals surface area contributed by atoms with Gasteiger partial charge >= 0.3 is 0 Å². The predicted molar refractivity (Wildman–Crippen MR) is 112 cm³/mol. The van der Waals surface area contributed by atoms with Crippen molar-refractivity contribution in [1.29, 1.82) is 0 Å². The number of phenolic OH excluding ortho intramolecular Hbond substituents is 1. The molecule has 0 aliphatic carbocycles. The lowest BCUT2D eigenvalue weighted by molar-refractivity contribution is 0.0955. The van der Waals surface area contributed by atoms with Crippen molar-refractivity contribution in [2.75, 3.05) is 0 Å². The molecular weight excluding hydrogens is 428 g/mol. The van der Waals surface area contributed by atoms with E-state index in [1.165, 1.54) is 6.21 Å². The van der Waals surface area contributed by atoms with E-state index in [-0.39, 0.29) is 11.7 Å². The van der Waals surface area contributed by atoms with Gasteiger partial charge in [0, 0.05) is 20.6 Å². The second-order valence-corrected chi connectivity index (χ2v) is 7.19. The highest BCUT2D eigenvalue weighted by atomic mass is 79.9. The molecule has 0 saturated heterocycles. The summed E-state index contributed by atoms with van der Waals surface area (Å²) in [5.74, 6) is -0.245. The summed E-state index contributed by atoms with van der Waals surface area (Å²) in [7, 11) is 0. The van der Waals surface area contributed by atoms with Gasteiger partial charge in [0.2, 0.25) is 0 Å². The average molecular weight is 444 g/mol. The molecule has 6 heteroatoms. The van der Waals surface area contributed by atoms with Crippen LogP contribution < -0.4 is 5.43 Å². The fourth-order valence-electron chi connectivity index (χ4n) is 2.51. The number of halogens is 2. The van der Waals surface area contributed by atoms with Gasteiger partial charge in [-0.15, -0.1) is 0 Å². The number of carbonyl (C=O) groups is 1. The largest absolute Gasteiger partial charge is 0.507 e. The third kappa shape index (κ3) is 5.18. The van der Waals surface area contributed by atoms with Gasteiger partial charge in [-0.2, -0.15) is 5.10 Å². The molecule has 0 bridgehead atoms. The Morgan fingerprint density at radius 2 is 1.85 bits per heavy atom. The molecule has 3 rings (SSSR count). The number of hydrogen-bond acceptors (Lipinski definition) is 3. The van der Waals surface area contributed by atoms with E-state index in [4.69, 9.17) is 11.6 Å². The van der Waals surface area contributed by atoms with E-state index in [9.17, 15) is 9.90 Å². The minimum absolute atomic E-state index is 0.0829. The van der Waals surface area contributed by atoms with Crippen LogP contribution in [0.25, 0.3) is 0 Å². The zero-order chi connectivity index (χ0) is 19.2. The van der Waals surface area contributed by atoms with E-state index < -0.39 is 0 Å². The first kappa shape index (κ1) is 19.1. The molecule has 0 saturated carbocycles. The highest BCUT2D eigenvalue weighted by molar-refractivity contribution is 9.10. The zero-order valence-corrected chi connectivity index (χ0v) is 16.5. The second-order valence-electron chi connectivity index (χ2n) is 5.87. The third-order valence-corrected chi connectivity index (χ3v) is 4.82. The van der Waals surface area contributed by atoms with Crippen LogP contribution in [0.4, 0.5) is 0 Å². The Balaban J connectivity index is 1.70. The minimum atomic E-state index is -0.328. The second kappa shape index (κ2) is 8.84. The molecule has 27 heavy (non-hydrogen) atoms. The monoisotopic (exact) mass is 442 g/mol. The van der Waals surface area contributed by atoms with E-state index in [0.717, 1.165) is 15.6 Å². The van der Waals surface area contributed by atoms with E-state index in [0.29, 0.717) is 22.6 Å². The molecule has 0 aliphatic heterocycles. The molecule has 1 amide bonds. The maximum Gasteiger partial charge on any atom is 0.271 e. The van der Waals surface area contributed by atoms with Crippen LogP contribution in [0.15, 0.2) is 76.3 Å². The van der Waals surface area contributed by atoms with Crippen LogP contribution in [-0.2, 0) is 6.42 Å². The molecule has 0 aliphatic rings. The van der Waals surface area contributed by atoms with Crippen molar-refractivity contribution in [3.05, 3.63) is 98.5 Å². The SMILES string of the molecule is O=C(NN=Cc1cc(Cc2ccccc2Cl)ccc1O)c1ccc(Br)cc1. The van der Waals surface area contributed by atoms with Gasteiger partial charge < -0.3 is 5.11 Å². The number of phenols is 1. The number of nitrogens with zero attached hydrogens (tertiary/aromatic N) is 1. The highest BCUT2D eigenvalue weighted by Crippen LogP contribution is 2.22. The number of amides is 1. The molecule has 136 valence electrons. The predicted octanol–water partition coefficient (Wildman–Crippen LogP) is 5.16. The average Bonchev–Trinajstić information content (AvgIpc) is 2.66. The Morgan fingerprint density at radius 3 is 2.59 bits per heavy atom. The first-order valence-electron chi connectivity index (χ1n) is 8.17. The van der Waals surface area contributed by atoms with Crippen molar-refractivity contribution in [3.8, 4) is 5.75 Å². The van der Waals surface area contributed by atoms with Crippen molar-refractivity contribution in [2.24, 2.45) is 5.10 Å². The number of rotatable bonds is 5. The van der Waals surface area contributed by atoms with Gasteiger partial charge in [0.1, 0.15) is 5.75 Å². The van der Waals surface area contributed by atoms with Gasteiger partial charge in [-0.05, 0) is 60.0 Å². The topological polar surface area (TPSA) is 61.7 Å². The number of hydrogen-bond donors (Lipinski definition) is 2. The van der Waals surface area contributed by atoms with Crippen molar-refractivity contribution >= 4 is 39.7 Å². The standard InChI is InChI=1S/C21H16BrClN2O2/c22-18-8-6-15(7-9-18)21(27)25-24-13-17-12-14(5-10-20(17)26)11-16-3-1-2-4-19(16)23/h1-10,12-13,26H,11H2,(H,25,27). The summed E-state index contributed by atoms with van der Waals surface area (Å²) < 4.78 is 0.891. The Kier molecular flexibility index (Phi) is 6.27. The van der Waals surface area contributed by atoms with E-state index in [1.54, 1.807) is 30.3 Å². The van der Waals surface area contributed by atoms with Crippen LogP contribution in [0.2, 0.25) is 5.02 Å². The zero-order valence-electron chi connectivity index (χ0n) is 14.2. The van der Waals surface area contributed by atoms with Crippen molar-refractivity contribution < 1.29 is 9.90 Å². The highest BCUT2D eigenvalue weighted by Gasteiger charge is 2.06. The number of carbonyl (C=O) groups excluding carboxylic acids is 1. The smallest absolute Gasteiger partial charge is 0.271 e. The number of benzene rings is 3. The van der Waals surface area contributed by atoms with Crippen molar-refractivity contribution in [1.82, 2.24) is 5.43 Å². The van der Waals surface area contributed by atoms with Crippen molar-refractivity contribution in [3.63, 3.8) is 0 Å². The first-order chi connectivity index (χ1) is 13.0. The van der Waals surface area contributed by atoms with E-state index in [1.807, 2.05) is 36.4 Å². The minimum Gasteiger partial charge on any atom is -0.507 e. The maximum atomic E-state index is 12.1. The summed E-state index contributed by atoms with van der Waals surface area (Å²) in [4.78, 5) is 12.1. The quantitative estimate of drug-likeness (QED) is 0.422. The van der Waals surface area contributed by atoms with Crippen molar-refractivity contribution in [2.45, 2.75) is 6.42 Å². The fourth-order valence-corrected chi connectivity index (χ4v) is 2.97. The van der Waals surface area contributed by atoms with Gasteiger partial charge in [0.05, 0.1) is 6.21 Å². The van der Waals surface area contributed by atoms with Crippen LogP contribution in [0.5, 0.6) is 5.75 Å².